The summed E-state index contributed by atoms with van der Waals surface area (Å²) in [5.41, 5.74) is 2.10. The number of ether oxygens (including phenoxy) is 2. The van der Waals surface area contributed by atoms with Crippen molar-refractivity contribution in [3.05, 3.63) is 52.8 Å². The fourth-order valence-electron chi connectivity index (χ4n) is 2.33. The van der Waals surface area contributed by atoms with Crippen LogP contribution in [-0.2, 0) is 11.2 Å². The molecule has 0 bridgehead atoms. The van der Waals surface area contributed by atoms with Crippen LogP contribution in [0.15, 0.2) is 42.0 Å². The quantitative estimate of drug-likeness (QED) is 0.688. The number of carbonyl (C=O) groups excluding carboxylic acids is 1. The first-order valence-corrected chi connectivity index (χ1v) is 8.92. The molecule has 0 saturated carbocycles. The number of nitrogens with one attached hydrogen (secondary N) is 1. The third kappa shape index (κ3) is 4.12. The van der Waals surface area contributed by atoms with E-state index in [1.165, 1.54) is 25.6 Å². The van der Waals surface area contributed by atoms with Gasteiger partial charge in [-0.25, -0.2) is 4.98 Å². The molecule has 3 aromatic rings. The van der Waals surface area contributed by atoms with E-state index in [-0.39, 0.29) is 12.3 Å². The van der Waals surface area contributed by atoms with Gasteiger partial charge in [0.15, 0.2) is 0 Å². The minimum absolute atomic E-state index is 0.144. The van der Waals surface area contributed by atoms with E-state index in [9.17, 15) is 4.79 Å². The number of rotatable bonds is 6. The highest BCUT2D eigenvalue weighted by Crippen LogP contribution is 2.36. The number of halogens is 1. The van der Waals surface area contributed by atoms with Gasteiger partial charge in [0.2, 0.25) is 5.91 Å². The van der Waals surface area contributed by atoms with Gasteiger partial charge in [-0.05, 0) is 12.1 Å². The van der Waals surface area contributed by atoms with Crippen LogP contribution >= 0.6 is 22.9 Å². The first kappa shape index (κ1) is 18.2. The van der Waals surface area contributed by atoms with Gasteiger partial charge in [0.05, 0.1) is 37.0 Å². The number of aromatic nitrogens is 2. The molecule has 0 atom stereocenters. The van der Waals surface area contributed by atoms with E-state index in [0.29, 0.717) is 27.9 Å². The molecule has 134 valence electrons. The lowest BCUT2D eigenvalue weighted by atomic mass is 10.2. The van der Waals surface area contributed by atoms with Gasteiger partial charge in [-0.2, -0.15) is 0 Å². The van der Waals surface area contributed by atoms with Crippen molar-refractivity contribution in [1.29, 1.82) is 0 Å². The fourth-order valence-corrected chi connectivity index (χ4v) is 3.37. The Kier molecular flexibility index (Phi) is 5.70. The third-order valence-corrected chi connectivity index (χ3v) is 4.79. The molecule has 1 aromatic carbocycles. The van der Waals surface area contributed by atoms with Gasteiger partial charge >= 0.3 is 0 Å². The van der Waals surface area contributed by atoms with Crippen LogP contribution in [0.5, 0.6) is 11.5 Å². The number of hydrogen-bond acceptors (Lipinski definition) is 6. The zero-order valence-corrected chi connectivity index (χ0v) is 15.7. The molecule has 26 heavy (non-hydrogen) atoms. The maximum absolute atomic E-state index is 12.4. The Morgan fingerprint density at radius 2 is 2.08 bits per heavy atom. The van der Waals surface area contributed by atoms with Crippen molar-refractivity contribution in [3.63, 3.8) is 0 Å². The van der Waals surface area contributed by atoms with Gasteiger partial charge in [0.1, 0.15) is 16.5 Å². The maximum atomic E-state index is 12.4. The summed E-state index contributed by atoms with van der Waals surface area (Å²) in [6.07, 6.45) is 3.59. The average Bonchev–Trinajstić information content (AvgIpc) is 3.11. The number of benzene rings is 1. The number of amides is 1. The molecular formula is C18H16ClN3O3S. The van der Waals surface area contributed by atoms with Gasteiger partial charge < -0.3 is 14.8 Å². The molecule has 8 heteroatoms. The molecule has 2 aromatic heterocycles. The number of methoxy groups -OCH3 is 2. The van der Waals surface area contributed by atoms with Crippen molar-refractivity contribution in [2.45, 2.75) is 6.42 Å². The number of hydrogen-bond donors (Lipinski definition) is 1. The second-order valence-electron chi connectivity index (χ2n) is 5.30. The van der Waals surface area contributed by atoms with Gasteiger partial charge in [-0.3, -0.25) is 9.78 Å². The Hall–Kier alpha value is -2.64. The third-order valence-electron chi connectivity index (χ3n) is 3.55. The number of nitrogens with zero attached hydrogens (tertiary/aromatic N) is 2. The normalized spacial score (nSPS) is 10.4. The molecule has 0 fully saturated rings. The van der Waals surface area contributed by atoms with Crippen molar-refractivity contribution in [2.24, 2.45) is 0 Å². The number of anilines is 1. The second-order valence-corrected chi connectivity index (χ2v) is 6.56. The molecule has 0 aliphatic rings. The molecule has 3 rings (SSSR count). The summed E-state index contributed by atoms with van der Waals surface area (Å²) in [7, 11) is 3.02. The number of carbonyl (C=O) groups is 1. The molecular weight excluding hydrogens is 374 g/mol. The lowest BCUT2D eigenvalue weighted by Gasteiger charge is -2.12. The van der Waals surface area contributed by atoms with E-state index >= 15 is 0 Å². The average molecular weight is 390 g/mol. The summed E-state index contributed by atoms with van der Waals surface area (Å²) in [4.78, 5) is 21.0. The van der Waals surface area contributed by atoms with Crippen LogP contribution in [0.1, 0.15) is 5.69 Å². The number of thiazole rings is 1. The largest absolute Gasteiger partial charge is 0.495 e. The van der Waals surface area contributed by atoms with E-state index in [0.717, 1.165) is 10.6 Å². The Balaban J connectivity index is 1.73. The summed E-state index contributed by atoms with van der Waals surface area (Å²) >= 11 is 7.55. The van der Waals surface area contributed by atoms with Crippen LogP contribution in [0.4, 0.5) is 5.69 Å². The molecule has 0 saturated heterocycles. The zero-order valence-electron chi connectivity index (χ0n) is 14.2. The van der Waals surface area contributed by atoms with Crippen molar-refractivity contribution in [2.75, 3.05) is 19.5 Å². The van der Waals surface area contributed by atoms with Crippen molar-refractivity contribution >= 4 is 34.5 Å². The topological polar surface area (TPSA) is 73.3 Å². The molecule has 2 heterocycles. The SMILES string of the molecule is COc1cc(NC(=O)Cc2csc(-c3cccnc3)n2)c(OC)cc1Cl. The molecule has 0 unspecified atom stereocenters. The Bertz CT molecular complexity index is 915. The lowest BCUT2D eigenvalue weighted by molar-refractivity contribution is -0.115. The molecule has 6 nitrogen and oxygen atoms in total. The smallest absolute Gasteiger partial charge is 0.230 e. The van der Waals surface area contributed by atoms with Crippen molar-refractivity contribution in [1.82, 2.24) is 9.97 Å². The molecule has 1 N–H and O–H groups in total. The predicted octanol–water partition coefficient (Wildman–Crippen LogP) is 4.06. The second kappa shape index (κ2) is 8.16. The van der Waals surface area contributed by atoms with Crippen LogP contribution in [0.3, 0.4) is 0 Å². The van der Waals surface area contributed by atoms with Crippen LogP contribution in [0, 0.1) is 0 Å². The molecule has 0 aliphatic carbocycles. The van der Waals surface area contributed by atoms with Crippen LogP contribution < -0.4 is 14.8 Å². The van der Waals surface area contributed by atoms with E-state index in [4.69, 9.17) is 21.1 Å². The summed E-state index contributed by atoms with van der Waals surface area (Å²) in [6, 6.07) is 7.00. The van der Waals surface area contributed by atoms with Crippen molar-refractivity contribution in [3.8, 4) is 22.1 Å². The first-order valence-electron chi connectivity index (χ1n) is 7.67. The summed E-state index contributed by atoms with van der Waals surface area (Å²) < 4.78 is 10.4. The Labute approximate surface area is 159 Å². The maximum Gasteiger partial charge on any atom is 0.230 e. The molecule has 0 radical (unpaired) electrons. The molecule has 0 aliphatic heterocycles. The van der Waals surface area contributed by atoms with Crippen LogP contribution in [-0.4, -0.2) is 30.1 Å². The van der Waals surface area contributed by atoms with Gasteiger partial charge in [-0.15, -0.1) is 11.3 Å². The molecule has 0 spiro atoms. The van der Waals surface area contributed by atoms with Gasteiger partial charge in [0.25, 0.3) is 0 Å². The predicted molar refractivity (Wildman–Crippen MR) is 102 cm³/mol. The number of pyridine rings is 1. The van der Waals surface area contributed by atoms with Gasteiger partial charge in [-0.1, -0.05) is 11.6 Å². The van der Waals surface area contributed by atoms with E-state index in [1.807, 2.05) is 17.5 Å². The first-order chi connectivity index (χ1) is 12.6. The minimum atomic E-state index is -0.212. The van der Waals surface area contributed by atoms with E-state index in [1.54, 1.807) is 24.5 Å². The van der Waals surface area contributed by atoms with Gasteiger partial charge in [0, 0.05) is 35.5 Å². The van der Waals surface area contributed by atoms with Crippen LogP contribution in [0.2, 0.25) is 5.02 Å². The Morgan fingerprint density at radius 1 is 1.27 bits per heavy atom. The highest BCUT2D eigenvalue weighted by atomic mass is 35.5. The zero-order chi connectivity index (χ0) is 18.5. The van der Waals surface area contributed by atoms with Crippen molar-refractivity contribution < 1.29 is 14.3 Å². The molecule has 1 amide bonds. The summed E-state index contributed by atoms with van der Waals surface area (Å²) in [5, 5.41) is 5.90. The highest BCUT2D eigenvalue weighted by Gasteiger charge is 2.14. The highest BCUT2D eigenvalue weighted by molar-refractivity contribution is 7.13. The lowest BCUT2D eigenvalue weighted by Crippen LogP contribution is -2.15. The van der Waals surface area contributed by atoms with E-state index in [2.05, 4.69) is 15.3 Å². The standard InChI is InChI=1S/C18H16ClN3O3S/c1-24-15-8-14(16(25-2)7-13(15)19)22-17(23)6-12-10-26-18(21-12)11-4-3-5-20-9-11/h3-5,7-10H,6H2,1-2H3,(H,22,23). The Morgan fingerprint density at radius 3 is 2.77 bits per heavy atom. The monoisotopic (exact) mass is 389 g/mol. The summed E-state index contributed by atoms with van der Waals surface area (Å²) in [5.74, 6) is 0.699. The van der Waals surface area contributed by atoms with E-state index < -0.39 is 0 Å². The van der Waals surface area contributed by atoms with Crippen LogP contribution in [0.25, 0.3) is 10.6 Å². The fraction of sp³-hybridized carbons (Fsp3) is 0.167. The summed E-state index contributed by atoms with van der Waals surface area (Å²) in [6.45, 7) is 0. The minimum Gasteiger partial charge on any atom is -0.495 e.